The van der Waals surface area contributed by atoms with E-state index in [1.807, 2.05) is 31.2 Å². The van der Waals surface area contributed by atoms with Gasteiger partial charge in [-0.3, -0.25) is 14.6 Å². The number of rotatable bonds is 2. The van der Waals surface area contributed by atoms with Gasteiger partial charge >= 0.3 is 6.03 Å². The number of benzene rings is 1. The predicted octanol–water partition coefficient (Wildman–Crippen LogP) is 2.71. The highest BCUT2D eigenvalue weighted by Gasteiger charge is 2.41. The molecule has 0 N–H and O–H groups in total. The summed E-state index contributed by atoms with van der Waals surface area (Å²) >= 11 is 0. The van der Waals surface area contributed by atoms with Gasteiger partial charge in [0.2, 0.25) is 0 Å². The van der Waals surface area contributed by atoms with Crippen LogP contribution in [0.4, 0.5) is 10.5 Å². The number of urea groups is 1. The molecule has 3 amide bonds. The third-order valence-electron chi connectivity index (χ3n) is 4.03. The Morgan fingerprint density at radius 2 is 1.68 bits per heavy atom. The van der Waals surface area contributed by atoms with Crippen molar-refractivity contribution in [2.24, 2.45) is 0 Å². The van der Waals surface area contributed by atoms with Crippen molar-refractivity contribution in [1.29, 1.82) is 0 Å². The molecule has 1 aromatic carbocycles. The lowest BCUT2D eigenvalue weighted by Crippen LogP contribution is -2.39. The Bertz CT molecular complexity index is 503. The molecule has 19 heavy (non-hydrogen) atoms. The second-order valence-electron chi connectivity index (χ2n) is 5.41. The van der Waals surface area contributed by atoms with Gasteiger partial charge < -0.3 is 0 Å². The van der Waals surface area contributed by atoms with Crippen molar-refractivity contribution < 1.29 is 9.59 Å². The smallest absolute Gasteiger partial charge is 0.285 e. The molecule has 4 heteroatoms. The summed E-state index contributed by atoms with van der Waals surface area (Å²) in [5.41, 5.74) is 1.96. The predicted molar refractivity (Wildman–Crippen MR) is 73.0 cm³/mol. The van der Waals surface area contributed by atoms with E-state index in [1.165, 1.54) is 4.90 Å². The van der Waals surface area contributed by atoms with Gasteiger partial charge in [0.05, 0.1) is 0 Å². The zero-order chi connectivity index (χ0) is 13.4. The minimum absolute atomic E-state index is 0.0579. The zero-order valence-corrected chi connectivity index (χ0v) is 11.1. The Labute approximate surface area is 113 Å². The van der Waals surface area contributed by atoms with Crippen molar-refractivity contribution in [3.05, 3.63) is 29.8 Å². The number of aryl methyl sites for hydroxylation is 1. The number of anilines is 1. The molecule has 1 saturated carbocycles. The maximum atomic E-state index is 12.4. The van der Waals surface area contributed by atoms with Gasteiger partial charge in [0.25, 0.3) is 5.91 Å². The molecule has 0 aromatic heterocycles. The molecule has 0 radical (unpaired) electrons. The van der Waals surface area contributed by atoms with E-state index in [0.717, 1.165) is 36.9 Å². The Kier molecular flexibility index (Phi) is 3.01. The second-order valence-corrected chi connectivity index (χ2v) is 5.41. The van der Waals surface area contributed by atoms with Crippen LogP contribution in [0.25, 0.3) is 0 Å². The fraction of sp³-hybridized carbons (Fsp3) is 0.467. The number of amides is 3. The molecule has 1 saturated heterocycles. The molecule has 0 unspecified atom stereocenters. The highest BCUT2D eigenvalue weighted by molar-refractivity contribution is 6.12. The number of carbonyl (C=O) groups is 2. The normalized spacial score (nSPS) is 20.7. The van der Waals surface area contributed by atoms with Crippen LogP contribution < -0.4 is 4.90 Å². The topological polar surface area (TPSA) is 40.6 Å². The number of hydrogen-bond acceptors (Lipinski definition) is 2. The lowest BCUT2D eigenvalue weighted by Gasteiger charge is -2.22. The number of imide groups is 1. The van der Waals surface area contributed by atoms with E-state index in [-0.39, 0.29) is 24.5 Å². The first-order valence-electron chi connectivity index (χ1n) is 6.87. The van der Waals surface area contributed by atoms with Crippen molar-refractivity contribution in [3.8, 4) is 0 Å². The van der Waals surface area contributed by atoms with Gasteiger partial charge in [-0.15, -0.1) is 0 Å². The Balaban J connectivity index is 1.83. The highest BCUT2D eigenvalue weighted by atomic mass is 16.2. The molecule has 0 atom stereocenters. The van der Waals surface area contributed by atoms with E-state index in [4.69, 9.17) is 0 Å². The minimum Gasteiger partial charge on any atom is -0.285 e. The van der Waals surface area contributed by atoms with Crippen LogP contribution >= 0.6 is 0 Å². The highest BCUT2D eigenvalue weighted by Crippen LogP contribution is 2.29. The van der Waals surface area contributed by atoms with Crippen LogP contribution in [0.5, 0.6) is 0 Å². The van der Waals surface area contributed by atoms with Gasteiger partial charge in [-0.2, -0.15) is 0 Å². The van der Waals surface area contributed by atoms with Crippen LogP contribution in [-0.2, 0) is 4.79 Å². The summed E-state index contributed by atoms with van der Waals surface area (Å²) in [5, 5.41) is 0. The molecule has 4 nitrogen and oxygen atoms in total. The fourth-order valence-electron chi connectivity index (χ4n) is 2.96. The van der Waals surface area contributed by atoms with Crippen LogP contribution in [-0.4, -0.2) is 29.4 Å². The van der Waals surface area contributed by atoms with Crippen LogP contribution in [0, 0.1) is 6.92 Å². The van der Waals surface area contributed by atoms with E-state index in [2.05, 4.69) is 0 Å². The van der Waals surface area contributed by atoms with Crippen LogP contribution in [0.3, 0.4) is 0 Å². The average Bonchev–Trinajstić information content (AvgIpc) is 2.99. The Morgan fingerprint density at radius 1 is 1.05 bits per heavy atom. The average molecular weight is 258 g/mol. The van der Waals surface area contributed by atoms with Crippen molar-refractivity contribution in [2.75, 3.05) is 11.4 Å². The summed E-state index contributed by atoms with van der Waals surface area (Å²) in [7, 11) is 0. The third kappa shape index (κ3) is 2.11. The Hall–Kier alpha value is -1.84. The molecule has 0 spiro atoms. The quantitative estimate of drug-likeness (QED) is 0.765. The van der Waals surface area contributed by atoms with Gasteiger partial charge in [-0.25, -0.2) is 4.79 Å². The van der Waals surface area contributed by atoms with Crippen LogP contribution in [0.15, 0.2) is 24.3 Å². The number of nitrogens with zero attached hydrogens (tertiary/aromatic N) is 2. The van der Waals surface area contributed by atoms with E-state index in [1.54, 1.807) is 4.90 Å². The molecule has 3 rings (SSSR count). The lowest BCUT2D eigenvalue weighted by atomic mass is 10.2. The molecule has 2 fully saturated rings. The van der Waals surface area contributed by atoms with Gasteiger partial charge in [0, 0.05) is 11.7 Å². The lowest BCUT2D eigenvalue weighted by molar-refractivity contribution is -0.126. The van der Waals surface area contributed by atoms with Crippen LogP contribution in [0.1, 0.15) is 31.2 Å². The third-order valence-corrected chi connectivity index (χ3v) is 4.03. The number of hydrogen-bond donors (Lipinski definition) is 0. The van der Waals surface area contributed by atoms with Gasteiger partial charge in [-0.05, 0) is 31.9 Å². The fourth-order valence-corrected chi connectivity index (χ4v) is 2.96. The summed E-state index contributed by atoms with van der Waals surface area (Å²) in [6.45, 7) is 2.18. The van der Waals surface area contributed by atoms with E-state index >= 15 is 0 Å². The van der Waals surface area contributed by atoms with Crippen LogP contribution in [0.2, 0.25) is 0 Å². The first-order valence-corrected chi connectivity index (χ1v) is 6.87. The maximum absolute atomic E-state index is 12.4. The summed E-state index contributed by atoms with van der Waals surface area (Å²) in [4.78, 5) is 27.6. The number of carbonyl (C=O) groups excluding carboxylic acids is 2. The first-order chi connectivity index (χ1) is 9.16. The van der Waals surface area contributed by atoms with Crippen molar-refractivity contribution in [3.63, 3.8) is 0 Å². The second kappa shape index (κ2) is 4.68. The summed E-state index contributed by atoms with van der Waals surface area (Å²) in [6, 6.07) is 7.70. The summed E-state index contributed by atoms with van der Waals surface area (Å²) in [6.07, 6.45) is 4.15. The van der Waals surface area contributed by atoms with Gasteiger partial charge in [0.1, 0.15) is 6.54 Å². The molecular formula is C15H18N2O2. The summed E-state index contributed by atoms with van der Waals surface area (Å²) < 4.78 is 0. The van der Waals surface area contributed by atoms with Crippen molar-refractivity contribution in [2.45, 2.75) is 38.6 Å². The van der Waals surface area contributed by atoms with E-state index in [0.29, 0.717) is 0 Å². The largest absolute Gasteiger partial charge is 0.331 e. The van der Waals surface area contributed by atoms with Crippen molar-refractivity contribution >= 4 is 17.6 Å². The van der Waals surface area contributed by atoms with E-state index in [9.17, 15) is 9.59 Å². The molecule has 2 aliphatic rings. The van der Waals surface area contributed by atoms with E-state index < -0.39 is 0 Å². The molecule has 1 aliphatic heterocycles. The molecule has 100 valence electrons. The van der Waals surface area contributed by atoms with Crippen molar-refractivity contribution in [1.82, 2.24) is 4.90 Å². The zero-order valence-electron chi connectivity index (χ0n) is 11.1. The monoisotopic (exact) mass is 258 g/mol. The maximum Gasteiger partial charge on any atom is 0.331 e. The molecular weight excluding hydrogens is 240 g/mol. The summed E-state index contributed by atoms with van der Waals surface area (Å²) in [5.74, 6) is -0.0579. The van der Waals surface area contributed by atoms with Gasteiger partial charge in [-0.1, -0.05) is 30.5 Å². The van der Waals surface area contributed by atoms with Gasteiger partial charge in [0.15, 0.2) is 0 Å². The molecule has 1 aromatic rings. The molecule has 1 aliphatic carbocycles. The first kappa shape index (κ1) is 12.2. The Morgan fingerprint density at radius 3 is 2.32 bits per heavy atom. The SMILES string of the molecule is Cc1ccc(N2CC(=O)N(C3CCCC3)C2=O)cc1. The minimum atomic E-state index is -0.152. The molecule has 0 bridgehead atoms. The standard InChI is InChI=1S/C15H18N2O2/c1-11-6-8-12(9-7-11)16-10-14(18)17(15(16)19)13-4-2-3-5-13/h6-9,13H,2-5,10H2,1H3. The molecule has 1 heterocycles.